The van der Waals surface area contributed by atoms with E-state index in [-0.39, 0.29) is 4.75 Å². The zero-order valence-corrected chi connectivity index (χ0v) is 13.4. The lowest BCUT2D eigenvalue weighted by atomic mass is 9.55. The fourth-order valence-corrected chi connectivity index (χ4v) is 6.72. The molecule has 3 fully saturated rings. The molecule has 0 radical (unpaired) electrons. The third kappa shape index (κ3) is 1.83. The van der Waals surface area contributed by atoms with E-state index in [1.54, 1.807) is 7.11 Å². The fraction of sp³-hybridized carbons (Fsp3) is 0.333. The van der Waals surface area contributed by atoms with E-state index in [0.29, 0.717) is 11.4 Å². The highest BCUT2D eigenvalue weighted by Crippen LogP contribution is 2.64. The number of nitrogens with zero attached hydrogens (tertiary/aromatic N) is 1. The Labute approximate surface area is 131 Å². The van der Waals surface area contributed by atoms with Gasteiger partial charge in [-0.05, 0) is 49.4 Å². The van der Waals surface area contributed by atoms with E-state index in [0.717, 1.165) is 30.1 Å². The molecule has 1 unspecified atom stereocenters. The maximum Gasteiger partial charge on any atom is 0.145 e. The van der Waals surface area contributed by atoms with Gasteiger partial charge in [-0.3, -0.25) is 0 Å². The molecule has 3 nitrogen and oxygen atoms in total. The molecule has 4 heteroatoms. The van der Waals surface area contributed by atoms with E-state index in [1.807, 2.05) is 54.6 Å². The van der Waals surface area contributed by atoms with Crippen LogP contribution in [0.3, 0.4) is 0 Å². The zero-order chi connectivity index (χ0) is 15.2. The number of methoxy groups -OCH3 is 1. The molecule has 114 valence electrons. The van der Waals surface area contributed by atoms with Gasteiger partial charge in [-0.2, -0.15) is 4.36 Å². The van der Waals surface area contributed by atoms with Gasteiger partial charge in [-0.15, -0.1) is 0 Å². The third-order valence-electron chi connectivity index (χ3n) is 4.94. The number of para-hydroxylation sites is 1. The zero-order valence-electron chi connectivity index (χ0n) is 12.6. The van der Waals surface area contributed by atoms with Gasteiger partial charge < -0.3 is 4.74 Å². The molecule has 0 aromatic heterocycles. The Balaban J connectivity index is 1.92. The molecule has 0 heterocycles. The van der Waals surface area contributed by atoms with Crippen LogP contribution in [0.15, 0.2) is 63.9 Å². The van der Waals surface area contributed by atoms with Crippen molar-refractivity contribution in [1.29, 1.82) is 0 Å². The quantitative estimate of drug-likeness (QED) is 0.839. The Morgan fingerprint density at radius 1 is 1.05 bits per heavy atom. The first kappa shape index (κ1) is 13.8. The van der Waals surface area contributed by atoms with Crippen molar-refractivity contribution in [2.75, 3.05) is 7.11 Å². The normalized spacial score (nSPS) is 28.0. The average molecular weight is 313 g/mol. The second kappa shape index (κ2) is 4.85. The molecular weight excluding hydrogens is 294 g/mol. The molecule has 0 amide bonds. The van der Waals surface area contributed by atoms with Gasteiger partial charge in [-0.25, -0.2) is 4.21 Å². The average Bonchev–Trinajstić information content (AvgIpc) is 2.45. The minimum Gasteiger partial charge on any atom is -0.494 e. The van der Waals surface area contributed by atoms with Crippen LogP contribution in [0.4, 0.5) is 5.69 Å². The molecule has 1 atom stereocenters. The summed E-state index contributed by atoms with van der Waals surface area (Å²) in [6, 6.07) is 17.3. The minimum atomic E-state index is -2.48. The van der Waals surface area contributed by atoms with E-state index in [4.69, 9.17) is 9.10 Å². The molecular formula is C18H19NO2S. The predicted octanol–water partition coefficient (Wildman–Crippen LogP) is 4.41. The second-order valence-electron chi connectivity index (χ2n) is 6.26. The van der Waals surface area contributed by atoms with E-state index in [2.05, 4.69) is 0 Å². The summed E-state index contributed by atoms with van der Waals surface area (Å²) in [5.74, 6) is 1.44. The lowest BCUT2D eigenvalue weighted by Crippen LogP contribution is -2.62. The Bertz CT molecular complexity index is 805. The lowest BCUT2D eigenvalue weighted by molar-refractivity contribution is 0.0516. The Morgan fingerprint density at radius 3 is 2.27 bits per heavy atom. The first-order valence-electron chi connectivity index (χ1n) is 7.62. The Morgan fingerprint density at radius 2 is 1.68 bits per heavy atom. The molecule has 5 rings (SSSR count). The number of hydrogen-bond donors (Lipinski definition) is 0. The minimum absolute atomic E-state index is 0.125. The van der Waals surface area contributed by atoms with Crippen molar-refractivity contribution in [2.45, 2.75) is 28.9 Å². The van der Waals surface area contributed by atoms with Crippen LogP contribution in [-0.4, -0.2) is 16.1 Å². The summed E-state index contributed by atoms with van der Waals surface area (Å²) >= 11 is 0. The highest BCUT2D eigenvalue weighted by Gasteiger charge is 2.63. The lowest BCUT2D eigenvalue weighted by Gasteiger charge is -2.62. The van der Waals surface area contributed by atoms with Crippen molar-refractivity contribution in [2.24, 2.45) is 10.3 Å². The van der Waals surface area contributed by atoms with Crippen molar-refractivity contribution in [3.63, 3.8) is 0 Å². The number of benzene rings is 2. The van der Waals surface area contributed by atoms with Crippen LogP contribution in [0.25, 0.3) is 0 Å². The van der Waals surface area contributed by atoms with Gasteiger partial charge in [0.15, 0.2) is 0 Å². The smallest absolute Gasteiger partial charge is 0.145 e. The van der Waals surface area contributed by atoms with Crippen molar-refractivity contribution in [1.82, 2.24) is 0 Å². The highest BCUT2D eigenvalue weighted by molar-refractivity contribution is 7.95. The maximum absolute atomic E-state index is 13.9. The van der Waals surface area contributed by atoms with Gasteiger partial charge in [0.25, 0.3) is 0 Å². The Hall–Kier alpha value is -1.81. The first-order valence-corrected chi connectivity index (χ1v) is 9.13. The summed E-state index contributed by atoms with van der Waals surface area (Å²) in [6.45, 7) is 0. The summed E-state index contributed by atoms with van der Waals surface area (Å²) in [7, 11) is -0.859. The SMILES string of the molecule is COc1ccccc1N=S(=O)(c1ccccc1)C12CC(C1)C2. The van der Waals surface area contributed by atoms with Gasteiger partial charge in [0.1, 0.15) is 11.4 Å². The van der Waals surface area contributed by atoms with Gasteiger partial charge in [0, 0.05) is 4.90 Å². The number of hydrogen-bond acceptors (Lipinski definition) is 3. The largest absolute Gasteiger partial charge is 0.494 e. The molecule has 22 heavy (non-hydrogen) atoms. The predicted molar refractivity (Wildman–Crippen MR) is 88.0 cm³/mol. The van der Waals surface area contributed by atoms with Crippen LogP contribution in [0.2, 0.25) is 0 Å². The van der Waals surface area contributed by atoms with Crippen LogP contribution < -0.4 is 4.74 Å². The molecule has 2 aromatic rings. The molecule has 0 N–H and O–H groups in total. The molecule has 0 saturated heterocycles. The molecule has 2 aromatic carbocycles. The third-order valence-corrected chi connectivity index (χ3v) is 7.98. The molecule has 0 spiro atoms. The van der Waals surface area contributed by atoms with E-state index in [9.17, 15) is 4.21 Å². The molecule has 3 aliphatic carbocycles. The molecule has 3 saturated carbocycles. The van der Waals surface area contributed by atoms with Crippen molar-refractivity contribution in [3.05, 3.63) is 54.6 Å². The number of rotatable bonds is 4. The summed E-state index contributed by atoms with van der Waals surface area (Å²) in [5, 5.41) is 0. The van der Waals surface area contributed by atoms with Crippen LogP contribution in [0.5, 0.6) is 5.75 Å². The monoisotopic (exact) mass is 313 g/mol. The summed E-state index contributed by atoms with van der Waals surface area (Å²) in [4.78, 5) is 0.846. The second-order valence-corrected chi connectivity index (χ2v) is 8.84. The molecule has 3 aliphatic rings. The van der Waals surface area contributed by atoms with Gasteiger partial charge in [0.05, 0.1) is 21.6 Å². The topological polar surface area (TPSA) is 38.7 Å². The van der Waals surface area contributed by atoms with Crippen LogP contribution in [0.1, 0.15) is 19.3 Å². The summed E-state index contributed by atoms with van der Waals surface area (Å²) < 4.78 is 24.0. The van der Waals surface area contributed by atoms with Gasteiger partial charge in [0.2, 0.25) is 0 Å². The molecule has 0 aliphatic heterocycles. The standard InChI is InChI=1S/C18H19NO2S/c1-21-17-10-6-5-9-16(17)19-22(20,15-7-3-2-4-8-15)18-11-14(12-18)13-18/h2-10,14H,11-13H2,1H3. The summed E-state index contributed by atoms with van der Waals surface area (Å²) in [5.41, 5.74) is 0.684. The maximum atomic E-state index is 13.9. The number of ether oxygens (including phenoxy) is 1. The Kier molecular flexibility index (Phi) is 3.05. The van der Waals surface area contributed by atoms with E-state index in [1.165, 1.54) is 0 Å². The summed E-state index contributed by atoms with van der Waals surface area (Å²) in [6.07, 6.45) is 3.12. The first-order chi connectivity index (χ1) is 10.7. The highest BCUT2D eigenvalue weighted by atomic mass is 32.2. The van der Waals surface area contributed by atoms with Crippen LogP contribution in [-0.2, 0) is 9.73 Å². The van der Waals surface area contributed by atoms with Crippen LogP contribution >= 0.6 is 0 Å². The van der Waals surface area contributed by atoms with Crippen molar-refractivity contribution < 1.29 is 8.95 Å². The van der Waals surface area contributed by atoms with Gasteiger partial charge >= 0.3 is 0 Å². The van der Waals surface area contributed by atoms with Gasteiger partial charge in [-0.1, -0.05) is 30.3 Å². The van der Waals surface area contributed by atoms with E-state index < -0.39 is 9.73 Å². The van der Waals surface area contributed by atoms with Crippen molar-refractivity contribution in [3.8, 4) is 5.75 Å². The van der Waals surface area contributed by atoms with Crippen LogP contribution in [0, 0.1) is 5.92 Å². The molecule has 2 bridgehead atoms. The van der Waals surface area contributed by atoms with E-state index >= 15 is 0 Å². The fourth-order valence-electron chi connectivity index (χ4n) is 3.59. The van der Waals surface area contributed by atoms with Crippen molar-refractivity contribution >= 4 is 15.4 Å².